The van der Waals surface area contributed by atoms with Gasteiger partial charge < -0.3 is 30.3 Å². The van der Waals surface area contributed by atoms with Crippen LogP contribution in [0.5, 0.6) is 0 Å². The van der Waals surface area contributed by atoms with E-state index in [1.54, 1.807) is 0 Å². The van der Waals surface area contributed by atoms with E-state index in [1.807, 2.05) is 0 Å². The SMILES string of the molecule is O=C(c1ccc(F)cc1)N1CCNCCCCOC[C@@H](O)[C@H](O)[C@@H](O)C1. The number of halogens is 1. The molecule has 3 atom stereocenters. The van der Waals surface area contributed by atoms with Crippen LogP contribution in [-0.2, 0) is 4.74 Å². The van der Waals surface area contributed by atoms with Gasteiger partial charge in [0.15, 0.2) is 0 Å². The number of amides is 1. The number of aliphatic hydroxyl groups is 3. The molecule has 0 unspecified atom stereocenters. The van der Waals surface area contributed by atoms with Gasteiger partial charge in [0.25, 0.3) is 5.91 Å². The number of aliphatic hydroxyl groups excluding tert-OH is 3. The van der Waals surface area contributed by atoms with Gasteiger partial charge in [-0.05, 0) is 43.7 Å². The Morgan fingerprint density at radius 1 is 1.12 bits per heavy atom. The summed E-state index contributed by atoms with van der Waals surface area (Å²) in [6.07, 6.45) is -2.33. The van der Waals surface area contributed by atoms with Crippen molar-refractivity contribution in [2.24, 2.45) is 0 Å². The van der Waals surface area contributed by atoms with E-state index in [-0.39, 0.29) is 24.6 Å². The van der Waals surface area contributed by atoms with Gasteiger partial charge in [-0.1, -0.05) is 0 Å². The quantitative estimate of drug-likeness (QED) is 0.544. The summed E-state index contributed by atoms with van der Waals surface area (Å²) < 4.78 is 18.4. The van der Waals surface area contributed by atoms with Crippen LogP contribution in [0.1, 0.15) is 23.2 Å². The summed E-state index contributed by atoms with van der Waals surface area (Å²) in [4.78, 5) is 14.1. The zero-order valence-corrected chi connectivity index (χ0v) is 14.7. The molecule has 26 heavy (non-hydrogen) atoms. The van der Waals surface area contributed by atoms with Gasteiger partial charge in [0, 0.05) is 31.8 Å². The Balaban J connectivity index is 2.09. The van der Waals surface area contributed by atoms with Crippen molar-refractivity contribution in [2.75, 3.05) is 39.4 Å². The fourth-order valence-electron chi connectivity index (χ4n) is 2.74. The highest BCUT2D eigenvalue weighted by Crippen LogP contribution is 2.10. The molecule has 0 aromatic heterocycles. The molecule has 0 aliphatic carbocycles. The van der Waals surface area contributed by atoms with Crippen molar-refractivity contribution in [1.82, 2.24) is 10.2 Å². The molecule has 1 aromatic carbocycles. The summed E-state index contributed by atoms with van der Waals surface area (Å²) in [5.41, 5.74) is 0.290. The van der Waals surface area contributed by atoms with Crippen molar-refractivity contribution in [1.29, 1.82) is 0 Å². The van der Waals surface area contributed by atoms with Gasteiger partial charge >= 0.3 is 0 Å². The van der Waals surface area contributed by atoms with E-state index in [1.165, 1.54) is 29.2 Å². The molecule has 1 fully saturated rings. The largest absolute Gasteiger partial charge is 0.388 e. The fraction of sp³-hybridized carbons (Fsp3) is 0.611. The number of rotatable bonds is 1. The molecular formula is C18H27FN2O5. The summed E-state index contributed by atoms with van der Waals surface area (Å²) >= 11 is 0. The van der Waals surface area contributed by atoms with Gasteiger partial charge in [0.1, 0.15) is 24.1 Å². The van der Waals surface area contributed by atoms with Crippen LogP contribution in [0, 0.1) is 5.82 Å². The first kappa shape index (κ1) is 20.7. The zero-order valence-electron chi connectivity index (χ0n) is 14.7. The molecule has 1 saturated heterocycles. The molecule has 7 nitrogen and oxygen atoms in total. The molecule has 1 aliphatic heterocycles. The topological polar surface area (TPSA) is 102 Å². The minimum Gasteiger partial charge on any atom is -0.388 e. The second-order valence-corrected chi connectivity index (χ2v) is 6.42. The lowest BCUT2D eigenvalue weighted by Gasteiger charge is -2.30. The van der Waals surface area contributed by atoms with Gasteiger partial charge in [-0.2, -0.15) is 0 Å². The molecule has 0 bridgehead atoms. The normalized spacial score (nSPS) is 26.9. The first-order valence-corrected chi connectivity index (χ1v) is 8.86. The molecule has 8 heteroatoms. The third-order valence-corrected chi connectivity index (χ3v) is 4.31. The molecule has 1 amide bonds. The Kier molecular flexibility index (Phi) is 8.40. The molecule has 1 aliphatic rings. The first-order valence-electron chi connectivity index (χ1n) is 8.86. The Bertz CT molecular complexity index is 557. The molecule has 0 saturated carbocycles. The van der Waals surface area contributed by atoms with Crippen molar-refractivity contribution in [2.45, 2.75) is 31.2 Å². The lowest BCUT2D eigenvalue weighted by molar-refractivity contribution is -0.0928. The van der Waals surface area contributed by atoms with E-state index in [0.717, 1.165) is 19.4 Å². The predicted octanol–water partition coefficient (Wildman–Crippen LogP) is -0.249. The van der Waals surface area contributed by atoms with Crippen LogP contribution in [0.4, 0.5) is 4.39 Å². The zero-order chi connectivity index (χ0) is 18.9. The van der Waals surface area contributed by atoms with Gasteiger partial charge in [-0.3, -0.25) is 4.79 Å². The Morgan fingerprint density at radius 2 is 1.85 bits per heavy atom. The third kappa shape index (κ3) is 6.30. The lowest BCUT2D eigenvalue weighted by atomic mass is 10.1. The summed E-state index contributed by atoms with van der Waals surface area (Å²) in [6, 6.07) is 5.15. The molecule has 2 rings (SSSR count). The number of nitrogens with one attached hydrogen (secondary N) is 1. The van der Waals surface area contributed by atoms with Crippen LogP contribution in [0.25, 0.3) is 0 Å². The Morgan fingerprint density at radius 3 is 2.58 bits per heavy atom. The Hall–Kier alpha value is -1.58. The third-order valence-electron chi connectivity index (χ3n) is 4.31. The monoisotopic (exact) mass is 370 g/mol. The number of ether oxygens (including phenoxy) is 1. The van der Waals surface area contributed by atoms with Crippen molar-refractivity contribution >= 4 is 5.91 Å². The minimum absolute atomic E-state index is 0.0858. The summed E-state index contributed by atoms with van der Waals surface area (Å²) in [7, 11) is 0. The van der Waals surface area contributed by atoms with E-state index in [2.05, 4.69) is 5.32 Å². The van der Waals surface area contributed by atoms with Crippen molar-refractivity contribution in [3.8, 4) is 0 Å². The molecular weight excluding hydrogens is 343 g/mol. The number of benzene rings is 1. The maximum absolute atomic E-state index is 13.1. The number of β-amino-alcohol motifs (C(OH)–C–C–N with tert-alkyl or cyclic N) is 1. The highest BCUT2D eigenvalue weighted by atomic mass is 19.1. The number of carbonyl (C=O) groups excluding carboxylic acids is 1. The average Bonchev–Trinajstić information content (AvgIpc) is 2.64. The van der Waals surface area contributed by atoms with Gasteiger partial charge in [0.05, 0.1) is 6.61 Å². The molecule has 0 radical (unpaired) electrons. The standard InChI is InChI=1S/C18H27FN2O5/c19-14-5-3-13(4-6-14)18(25)21-9-8-20-7-1-2-10-26-12-16(23)17(24)15(22)11-21/h3-6,15-17,20,22-24H,1-2,7-12H2/t15-,16+,17+/m0/s1. The lowest BCUT2D eigenvalue weighted by Crippen LogP contribution is -2.49. The highest BCUT2D eigenvalue weighted by molar-refractivity contribution is 5.94. The molecule has 1 aromatic rings. The number of nitrogens with zero attached hydrogens (tertiary/aromatic N) is 1. The minimum atomic E-state index is -1.44. The van der Waals surface area contributed by atoms with Crippen LogP contribution in [0.2, 0.25) is 0 Å². The molecule has 4 N–H and O–H groups in total. The van der Waals surface area contributed by atoms with Crippen molar-refractivity contribution in [3.05, 3.63) is 35.6 Å². The van der Waals surface area contributed by atoms with Crippen LogP contribution in [0.15, 0.2) is 24.3 Å². The number of hydrogen-bond acceptors (Lipinski definition) is 6. The molecule has 146 valence electrons. The maximum atomic E-state index is 13.1. The van der Waals surface area contributed by atoms with Crippen LogP contribution >= 0.6 is 0 Å². The second kappa shape index (κ2) is 10.5. The maximum Gasteiger partial charge on any atom is 0.253 e. The molecule has 1 heterocycles. The average molecular weight is 370 g/mol. The van der Waals surface area contributed by atoms with Crippen LogP contribution in [-0.4, -0.2) is 83.8 Å². The van der Waals surface area contributed by atoms with E-state index >= 15 is 0 Å². The summed E-state index contributed by atoms with van der Waals surface area (Å²) in [5.74, 6) is -0.821. The van der Waals surface area contributed by atoms with E-state index < -0.39 is 24.1 Å². The van der Waals surface area contributed by atoms with Gasteiger partial charge in [-0.15, -0.1) is 0 Å². The summed E-state index contributed by atoms with van der Waals surface area (Å²) in [5, 5.41) is 33.5. The van der Waals surface area contributed by atoms with Crippen LogP contribution < -0.4 is 5.32 Å². The number of hydrogen-bond donors (Lipinski definition) is 4. The molecule has 0 spiro atoms. The van der Waals surface area contributed by atoms with E-state index in [0.29, 0.717) is 19.7 Å². The second-order valence-electron chi connectivity index (χ2n) is 6.42. The highest BCUT2D eigenvalue weighted by Gasteiger charge is 2.28. The summed E-state index contributed by atoms with van der Waals surface area (Å²) in [6.45, 7) is 1.81. The van der Waals surface area contributed by atoms with Crippen LogP contribution in [0.3, 0.4) is 0 Å². The van der Waals surface area contributed by atoms with E-state index in [9.17, 15) is 24.5 Å². The number of carbonyl (C=O) groups is 1. The first-order chi connectivity index (χ1) is 12.5. The smallest absolute Gasteiger partial charge is 0.253 e. The van der Waals surface area contributed by atoms with Crippen molar-refractivity contribution in [3.63, 3.8) is 0 Å². The van der Waals surface area contributed by atoms with Gasteiger partial charge in [-0.25, -0.2) is 4.39 Å². The van der Waals surface area contributed by atoms with E-state index in [4.69, 9.17) is 4.74 Å². The van der Waals surface area contributed by atoms with Crippen molar-refractivity contribution < 1.29 is 29.2 Å². The Labute approximate surface area is 152 Å². The fourth-order valence-corrected chi connectivity index (χ4v) is 2.74. The predicted molar refractivity (Wildman–Crippen MR) is 93.2 cm³/mol. The van der Waals surface area contributed by atoms with Gasteiger partial charge in [0.2, 0.25) is 0 Å².